The summed E-state index contributed by atoms with van der Waals surface area (Å²) < 4.78 is 26.2. The summed E-state index contributed by atoms with van der Waals surface area (Å²) in [6.45, 7) is 6.89. The van der Waals surface area contributed by atoms with Crippen molar-refractivity contribution in [2.75, 3.05) is 6.61 Å². The number of ether oxygens (including phenoxy) is 3. The molecule has 0 aliphatic carbocycles. The highest BCUT2D eigenvalue weighted by molar-refractivity contribution is 9.10. The normalized spacial score (nSPS) is 11.2. The average molecular weight is 711 g/mol. The van der Waals surface area contributed by atoms with Gasteiger partial charge in [-0.3, -0.25) is 4.79 Å². The van der Waals surface area contributed by atoms with Gasteiger partial charge in [0.05, 0.1) is 22.9 Å². The molecule has 5 rings (SSSR count). The van der Waals surface area contributed by atoms with Gasteiger partial charge in [-0.25, -0.2) is 5.43 Å². The molecule has 0 aliphatic heterocycles. The van der Waals surface area contributed by atoms with Gasteiger partial charge >= 0.3 is 5.91 Å². The minimum Gasteiger partial charge on any atom is -0.490 e. The molecule has 2 heterocycles. The summed E-state index contributed by atoms with van der Waals surface area (Å²) in [6, 6.07) is 24.1. The van der Waals surface area contributed by atoms with Crippen LogP contribution in [0.3, 0.4) is 0 Å². The lowest BCUT2D eigenvalue weighted by Crippen LogP contribution is -2.16. The van der Waals surface area contributed by atoms with Gasteiger partial charge in [0.1, 0.15) is 24.7 Å². The fourth-order valence-electron chi connectivity index (χ4n) is 4.54. The summed E-state index contributed by atoms with van der Waals surface area (Å²) in [5.74, 6) is 1.86. The molecule has 0 saturated carbocycles. The van der Waals surface area contributed by atoms with E-state index in [-0.39, 0.29) is 19.0 Å². The fraction of sp³-hybridized carbons (Fsp3) is 0.176. The number of rotatable bonds is 12. The van der Waals surface area contributed by atoms with E-state index in [4.69, 9.17) is 41.8 Å². The predicted molar refractivity (Wildman–Crippen MR) is 179 cm³/mol. The molecule has 0 aliphatic rings. The SMILES string of the molecule is CCOc1cc(/C=N/NC(=O)c2ccc(COc3ccc(-n4c(C)ccc4C)cc3)o2)c(Br)cc1OCc1ccc(Cl)c(Cl)c1. The van der Waals surface area contributed by atoms with Crippen LogP contribution in [-0.2, 0) is 13.2 Å². The number of hydrogen-bond donors (Lipinski definition) is 1. The van der Waals surface area contributed by atoms with Gasteiger partial charge in [0.25, 0.3) is 0 Å². The second-order valence-corrected chi connectivity index (χ2v) is 11.7. The molecule has 0 radical (unpaired) electrons. The second-order valence-electron chi connectivity index (χ2n) is 9.99. The molecular formula is C34H30BrCl2N3O5. The molecule has 0 spiro atoms. The van der Waals surface area contributed by atoms with Gasteiger partial charge < -0.3 is 23.2 Å². The number of furan rings is 1. The maximum Gasteiger partial charge on any atom is 0.307 e. The van der Waals surface area contributed by atoms with E-state index >= 15 is 0 Å². The molecule has 2 aromatic heterocycles. The summed E-state index contributed by atoms with van der Waals surface area (Å²) in [7, 11) is 0. The van der Waals surface area contributed by atoms with Gasteiger partial charge in [0.2, 0.25) is 0 Å². The van der Waals surface area contributed by atoms with E-state index in [1.165, 1.54) is 6.21 Å². The summed E-state index contributed by atoms with van der Waals surface area (Å²) in [5.41, 5.74) is 7.40. The predicted octanol–water partition coefficient (Wildman–Crippen LogP) is 9.08. The van der Waals surface area contributed by atoms with Crippen LogP contribution in [0.1, 0.15) is 45.8 Å². The third kappa shape index (κ3) is 8.11. The van der Waals surface area contributed by atoms with E-state index in [2.05, 4.69) is 57.0 Å². The van der Waals surface area contributed by atoms with Crippen LogP contribution in [0.2, 0.25) is 10.0 Å². The lowest BCUT2D eigenvalue weighted by atomic mass is 10.2. The fourth-order valence-corrected chi connectivity index (χ4v) is 5.28. The van der Waals surface area contributed by atoms with Crippen molar-refractivity contribution in [1.29, 1.82) is 0 Å². The van der Waals surface area contributed by atoms with Crippen molar-refractivity contribution in [3.8, 4) is 22.9 Å². The topological polar surface area (TPSA) is 87.2 Å². The van der Waals surface area contributed by atoms with Crippen molar-refractivity contribution in [1.82, 2.24) is 9.99 Å². The Morgan fingerprint density at radius 1 is 0.889 bits per heavy atom. The molecule has 0 atom stereocenters. The Kier molecular flexibility index (Phi) is 10.5. The Morgan fingerprint density at radius 2 is 1.62 bits per heavy atom. The monoisotopic (exact) mass is 709 g/mol. The van der Waals surface area contributed by atoms with E-state index in [9.17, 15) is 4.79 Å². The van der Waals surface area contributed by atoms with Crippen LogP contribution in [0.5, 0.6) is 17.2 Å². The Labute approximate surface area is 279 Å². The average Bonchev–Trinajstić information content (AvgIpc) is 3.64. The molecule has 0 saturated heterocycles. The highest BCUT2D eigenvalue weighted by Crippen LogP contribution is 2.34. The van der Waals surface area contributed by atoms with Gasteiger partial charge in [0.15, 0.2) is 17.3 Å². The quantitative estimate of drug-likeness (QED) is 0.103. The first-order valence-corrected chi connectivity index (χ1v) is 15.6. The van der Waals surface area contributed by atoms with Gasteiger partial charge in [-0.15, -0.1) is 0 Å². The number of carbonyl (C=O) groups excluding carboxylic acids is 1. The minimum absolute atomic E-state index is 0.111. The molecule has 0 unspecified atom stereocenters. The van der Waals surface area contributed by atoms with Crippen molar-refractivity contribution in [3.63, 3.8) is 0 Å². The van der Waals surface area contributed by atoms with Crippen molar-refractivity contribution in [2.24, 2.45) is 5.10 Å². The Balaban J connectivity index is 1.16. The molecule has 232 valence electrons. The molecule has 8 nitrogen and oxygen atoms in total. The third-order valence-corrected chi connectivity index (χ3v) is 8.17. The van der Waals surface area contributed by atoms with E-state index in [1.807, 2.05) is 37.3 Å². The zero-order chi connectivity index (χ0) is 31.9. The summed E-state index contributed by atoms with van der Waals surface area (Å²) in [5, 5.41) is 5.03. The number of aryl methyl sites for hydroxylation is 2. The largest absolute Gasteiger partial charge is 0.490 e. The zero-order valence-electron chi connectivity index (χ0n) is 24.8. The molecule has 0 bridgehead atoms. The third-order valence-electron chi connectivity index (χ3n) is 6.74. The number of carbonyl (C=O) groups is 1. The number of halogens is 3. The number of hydrazone groups is 1. The maximum absolute atomic E-state index is 12.7. The van der Waals surface area contributed by atoms with Crippen molar-refractivity contribution >= 4 is 51.3 Å². The van der Waals surface area contributed by atoms with E-state index < -0.39 is 5.91 Å². The van der Waals surface area contributed by atoms with Gasteiger partial charge in [-0.2, -0.15) is 5.10 Å². The lowest BCUT2D eigenvalue weighted by Gasteiger charge is -2.14. The second kappa shape index (κ2) is 14.7. The standard InChI is InChI=1S/C34H30BrCl2N3O5/c1-4-42-32-16-24(28(35)17-33(32)44-19-23-7-13-29(36)30(37)15-23)18-38-39-34(41)31-14-12-27(45-31)20-43-26-10-8-25(9-11-26)40-21(2)5-6-22(40)3/h5-18H,4,19-20H2,1-3H3,(H,39,41)/b38-18+. The summed E-state index contributed by atoms with van der Waals surface area (Å²) in [6.07, 6.45) is 1.50. The number of benzene rings is 3. The van der Waals surface area contributed by atoms with Crippen molar-refractivity contribution in [2.45, 2.75) is 34.0 Å². The maximum atomic E-state index is 12.7. The molecule has 1 amide bonds. The van der Waals surface area contributed by atoms with Crippen molar-refractivity contribution in [3.05, 3.63) is 127 Å². The number of hydrogen-bond acceptors (Lipinski definition) is 6. The van der Waals surface area contributed by atoms with Crippen LogP contribution >= 0.6 is 39.1 Å². The van der Waals surface area contributed by atoms with Crippen LogP contribution in [0.25, 0.3) is 5.69 Å². The van der Waals surface area contributed by atoms with E-state index in [1.54, 1.807) is 36.4 Å². The molecular weight excluding hydrogens is 681 g/mol. The minimum atomic E-state index is -0.498. The number of nitrogens with zero attached hydrogens (tertiary/aromatic N) is 2. The lowest BCUT2D eigenvalue weighted by molar-refractivity contribution is 0.0923. The molecule has 0 fully saturated rings. The van der Waals surface area contributed by atoms with Crippen LogP contribution in [0.4, 0.5) is 0 Å². The Bertz CT molecular complexity index is 1810. The van der Waals surface area contributed by atoms with Crippen LogP contribution in [-0.4, -0.2) is 23.3 Å². The zero-order valence-corrected chi connectivity index (χ0v) is 27.9. The first-order valence-electron chi connectivity index (χ1n) is 14.0. The molecule has 1 N–H and O–H groups in total. The first kappa shape index (κ1) is 32.2. The smallest absolute Gasteiger partial charge is 0.307 e. The van der Waals surface area contributed by atoms with E-state index in [0.29, 0.717) is 49.7 Å². The molecule has 11 heteroatoms. The van der Waals surface area contributed by atoms with Gasteiger partial charge in [0, 0.05) is 27.1 Å². The number of nitrogens with one attached hydrogen (secondary N) is 1. The Hall–Kier alpha value is -4.18. The van der Waals surface area contributed by atoms with Crippen molar-refractivity contribution < 1.29 is 23.4 Å². The highest BCUT2D eigenvalue weighted by Gasteiger charge is 2.13. The first-order chi connectivity index (χ1) is 21.7. The van der Waals surface area contributed by atoms with Crippen LogP contribution < -0.4 is 19.6 Å². The van der Waals surface area contributed by atoms with Gasteiger partial charge in [-0.05, 0) is 115 Å². The molecule has 45 heavy (non-hydrogen) atoms. The number of amides is 1. The van der Waals surface area contributed by atoms with Crippen LogP contribution in [0.15, 0.2) is 92.9 Å². The Morgan fingerprint density at radius 3 is 2.33 bits per heavy atom. The van der Waals surface area contributed by atoms with E-state index in [0.717, 1.165) is 22.6 Å². The molecule has 5 aromatic rings. The summed E-state index contributed by atoms with van der Waals surface area (Å²) in [4.78, 5) is 12.7. The summed E-state index contributed by atoms with van der Waals surface area (Å²) >= 11 is 15.7. The molecule has 3 aromatic carbocycles. The van der Waals surface area contributed by atoms with Gasteiger partial charge in [-0.1, -0.05) is 29.3 Å². The highest BCUT2D eigenvalue weighted by atomic mass is 79.9. The van der Waals surface area contributed by atoms with Crippen LogP contribution in [0, 0.1) is 13.8 Å². The number of aromatic nitrogens is 1.